The molecule has 3 heteroatoms. The van der Waals surface area contributed by atoms with Gasteiger partial charge in [-0.2, -0.15) is 0 Å². The normalized spacial score (nSPS) is 27.3. The minimum Gasteiger partial charge on any atom is -0.497 e. The highest BCUT2D eigenvalue weighted by Crippen LogP contribution is 2.30. The molecular weight excluding hydrogens is 262 g/mol. The zero-order chi connectivity index (χ0) is 15.3. The second-order valence-corrected chi connectivity index (χ2v) is 6.24. The predicted molar refractivity (Wildman–Crippen MR) is 86.8 cm³/mol. The lowest BCUT2D eigenvalue weighted by molar-refractivity contribution is -0.0792. The lowest BCUT2D eigenvalue weighted by Gasteiger charge is -2.39. The molecule has 1 heterocycles. The molecular formula is C18H29NO2. The van der Waals surface area contributed by atoms with Crippen molar-refractivity contribution in [3.05, 3.63) is 29.8 Å². The third-order valence-corrected chi connectivity index (χ3v) is 4.71. The number of ether oxygens (including phenoxy) is 2. The first-order chi connectivity index (χ1) is 10.1. The van der Waals surface area contributed by atoms with E-state index in [1.165, 1.54) is 5.56 Å². The number of benzene rings is 1. The number of methoxy groups -OCH3 is 1. The maximum atomic E-state index is 5.94. The van der Waals surface area contributed by atoms with Crippen molar-refractivity contribution in [2.24, 2.45) is 0 Å². The molecule has 1 aliphatic heterocycles. The molecule has 0 aromatic heterocycles. The molecule has 0 radical (unpaired) electrons. The van der Waals surface area contributed by atoms with Crippen LogP contribution < -0.4 is 10.1 Å². The Balaban J connectivity index is 2.01. The van der Waals surface area contributed by atoms with Gasteiger partial charge in [-0.1, -0.05) is 26.0 Å². The molecule has 1 aliphatic rings. The fourth-order valence-electron chi connectivity index (χ4n) is 3.09. The summed E-state index contributed by atoms with van der Waals surface area (Å²) >= 11 is 0. The van der Waals surface area contributed by atoms with Crippen LogP contribution in [0.3, 0.4) is 0 Å². The summed E-state index contributed by atoms with van der Waals surface area (Å²) in [5, 5.41) is 3.83. The third kappa shape index (κ3) is 4.21. The molecule has 1 saturated heterocycles. The fraction of sp³-hybridized carbons (Fsp3) is 0.667. The molecule has 1 fully saturated rings. The summed E-state index contributed by atoms with van der Waals surface area (Å²) in [5.41, 5.74) is 1.37. The standard InChI is InChI=1S/C18H29NO2/c1-5-17(14-7-9-16(20-4)10-8-14)19-15-11-12-21-18(3,6-2)13-15/h7-10,15,17,19H,5-6,11-13H2,1-4H3. The van der Waals surface area contributed by atoms with Crippen LogP contribution in [0, 0.1) is 0 Å². The molecule has 0 bridgehead atoms. The molecule has 0 amide bonds. The van der Waals surface area contributed by atoms with Crippen LogP contribution in [0.5, 0.6) is 5.75 Å². The molecule has 0 saturated carbocycles. The average molecular weight is 291 g/mol. The molecule has 118 valence electrons. The van der Waals surface area contributed by atoms with Crippen LogP contribution in [0.2, 0.25) is 0 Å². The Morgan fingerprint density at radius 3 is 2.62 bits per heavy atom. The van der Waals surface area contributed by atoms with Crippen LogP contribution in [0.1, 0.15) is 58.1 Å². The van der Waals surface area contributed by atoms with E-state index in [4.69, 9.17) is 9.47 Å². The van der Waals surface area contributed by atoms with E-state index in [0.29, 0.717) is 12.1 Å². The monoisotopic (exact) mass is 291 g/mol. The van der Waals surface area contributed by atoms with Gasteiger partial charge in [-0.3, -0.25) is 0 Å². The first-order valence-electron chi connectivity index (χ1n) is 8.14. The van der Waals surface area contributed by atoms with E-state index in [0.717, 1.165) is 38.0 Å². The van der Waals surface area contributed by atoms with Gasteiger partial charge in [-0.05, 0) is 50.3 Å². The van der Waals surface area contributed by atoms with Crippen LogP contribution in [-0.4, -0.2) is 25.4 Å². The first-order valence-corrected chi connectivity index (χ1v) is 8.14. The van der Waals surface area contributed by atoms with Crippen LogP contribution in [-0.2, 0) is 4.74 Å². The van der Waals surface area contributed by atoms with E-state index in [-0.39, 0.29) is 5.60 Å². The maximum Gasteiger partial charge on any atom is 0.118 e. The largest absolute Gasteiger partial charge is 0.497 e. The predicted octanol–water partition coefficient (Wildman–Crippen LogP) is 4.08. The van der Waals surface area contributed by atoms with E-state index in [2.05, 4.69) is 38.2 Å². The Morgan fingerprint density at radius 2 is 2.05 bits per heavy atom. The SMILES string of the molecule is CCC(NC1CCOC(C)(CC)C1)c1ccc(OC)cc1. The van der Waals surface area contributed by atoms with Crippen LogP contribution in [0.25, 0.3) is 0 Å². The van der Waals surface area contributed by atoms with Gasteiger partial charge in [-0.15, -0.1) is 0 Å². The summed E-state index contributed by atoms with van der Waals surface area (Å²) in [4.78, 5) is 0. The smallest absolute Gasteiger partial charge is 0.118 e. The second kappa shape index (κ2) is 7.28. The van der Waals surface area contributed by atoms with Crippen molar-refractivity contribution < 1.29 is 9.47 Å². The van der Waals surface area contributed by atoms with E-state index in [9.17, 15) is 0 Å². The van der Waals surface area contributed by atoms with E-state index in [1.807, 2.05) is 12.1 Å². The van der Waals surface area contributed by atoms with Crippen LogP contribution in [0.15, 0.2) is 24.3 Å². The molecule has 0 spiro atoms. The number of rotatable bonds is 6. The average Bonchev–Trinajstić information content (AvgIpc) is 2.53. The van der Waals surface area contributed by atoms with Crippen molar-refractivity contribution >= 4 is 0 Å². The zero-order valence-electron chi connectivity index (χ0n) is 13.8. The van der Waals surface area contributed by atoms with Gasteiger partial charge in [0.15, 0.2) is 0 Å². The van der Waals surface area contributed by atoms with Crippen molar-refractivity contribution in [3.63, 3.8) is 0 Å². The minimum atomic E-state index is 0.0358. The van der Waals surface area contributed by atoms with E-state index < -0.39 is 0 Å². The Morgan fingerprint density at radius 1 is 1.33 bits per heavy atom. The van der Waals surface area contributed by atoms with Gasteiger partial charge < -0.3 is 14.8 Å². The van der Waals surface area contributed by atoms with Gasteiger partial charge in [0.05, 0.1) is 12.7 Å². The molecule has 2 rings (SSSR count). The highest BCUT2D eigenvalue weighted by Gasteiger charge is 2.32. The first kappa shape index (κ1) is 16.3. The number of hydrogen-bond acceptors (Lipinski definition) is 3. The highest BCUT2D eigenvalue weighted by atomic mass is 16.5. The summed E-state index contributed by atoms with van der Waals surface area (Å²) in [6.07, 6.45) is 4.36. The Bertz CT molecular complexity index is 431. The summed E-state index contributed by atoms with van der Waals surface area (Å²) < 4.78 is 11.2. The van der Waals surface area contributed by atoms with E-state index in [1.54, 1.807) is 7.11 Å². The fourth-order valence-corrected chi connectivity index (χ4v) is 3.09. The Hall–Kier alpha value is -1.06. The molecule has 1 N–H and O–H groups in total. The summed E-state index contributed by atoms with van der Waals surface area (Å²) in [6, 6.07) is 9.35. The summed E-state index contributed by atoms with van der Waals surface area (Å²) in [5.74, 6) is 0.915. The Labute approximate surface area is 129 Å². The van der Waals surface area contributed by atoms with Crippen molar-refractivity contribution in [2.45, 2.75) is 64.1 Å². The van der Waals surface area contributed by atoms with Crippen molar-refractivity contribution in [1.82, 2.24) is 5.32 Å². The van der Waals surface area contributed by atoms with Crippen molar-refractivity contribution in [2.75, 3.05) is 13.7 Å². The van der Waals surface area contributed by atoms with Gasteiger partial charge in [0.2, 0.25) is 0 Å². The molecule has 21 heavy (non-hydrogen) atoms. The molecule has 0 aliphatic carbocycles. The topological polar surface area (TPSA) is 30.5 Å². The second-order valence-electron chi connectivity index (χ2n) is 6.24. The van der Waals surface area contributed by atoms with Crippen molar-refractivity contribution in [1.29, 1.82) is 0 Å². The Kier molecular flexibility index (Phi) is 5.65. The van der Waals surface area contributed by atoms with Gasteiger partial charge >= 0.3 is 0 Å². The van der Waals surface area contributed by atoms with Gasteiger partial charge in [0.25, 0.3) is 0 Å². The summed E-state index contributed by atoms with van der Waals surface area (Å²) in [6.45, 7) is 7.54. The number of hydrogen-bond donors (Lipinski definition) is 1. The lowest BCUT2D eigenvalue weighted by Crippen LogP contribution is -2.46. The van der Waals surface area contributed by atoms with Gasteiger partial charge in [0, 0.05) is 18.7 Å². The van der Waals surface area contributed by atoms with Gasteiger partial charge in [0.1, 0.15) is 5.75 Å². The molecule has 1 aromatic rings. The zero-order valence-corrected chi connectivity index (χ0v) is 13.8. The van der Waals surface area contributed by atoms with E-state index >= 15 is 0 Å². The quantitative estimate of drug-likeness (QED) is 0.856. The lowest BCUT2D eigenvalue weighted by atomic mass is 9.89. The molecule has 3 unspecified atom stereocenters. The summed E-state index contributed by atoms with van der Waals surface area (Å²) in [7, 11) is 1.71. The molecule has 1 aromatic carbocycles. The number of nitrogens with one attached hydrogen (secondary N) is 1. The minimum absolute atomic E-state index is 0.0358. The molecule has 3 nitrogen and oxygen atoms in total. The maximum absolute atomic E-state index is 5.94. The van der Waals surface area contributed by atoms with Crippen LogP contribution >= 0.6 is 0 Å². The third-order valence-electron chi connectivity index (χ3n) is 4.71. The van der Waals surface area contributed by atoms with Crippen LogP contribution in [0.4, 0.5) is 0 Å². The van der Waals surface area contributed by atoms with Crippen molar-refractivity contribution in [3.8, 4) is 5.75 Å². The molecule has 3 atom stereocenters. The highest BCUT2D eigenvalue weighted by molar-refractivity contribution is 5.29. The van der Waals surface area contributed by atoms with Gasteiger partial charge in [-0.25, -0.2) is 0 Å².